The van der Waals surface area contributed by atoms with Gasteiger partial charge in [0.1, 0.15) is 41.5 Å². The number of nitriles is 3. The van der Waals surface area contributed by atoms with Crippen LogP contribution in [0.1, 0.15) is 155 Å². The van der Waals surface area contributed by atoms with Gasteiger partial charge in [0, 0.05) is 87.5 Å². The van der Waals surface area contributed by atoms with Crippen LogP contribution in [0.3, 0.4) is 0 Å². The van der Waals surface area contributed by atoms with Crippen LogP contribution in [0.2, 0.25) is 0 Å². The average Bonchev–Trinajstić information content (AvgIpc) is 3.39. The van der Waals surface area contributed by atoms with E-state index in [1.807, 2.05) is 43.4 Å². The first-order valence-corrected chi connectivity index (χ1v) is 26.3. The van der Waals surface area contributed by atoms with Crippen molar-refractivity contribution >= 4 is 17.9 Å². The van der Waals surface area contributed by atoms with E-state index in [1.54, 1.807) is 28.4 Å². The first-order chi connectivity index (χ1) is 35.2. The molecule has 0 aromatic heterocycles. The van der Waals surface area contributed by atoms with Gasteiger partial charge in [-0.25, -0.2) is 14.4 Å². The summed E-state index contributed by atoms with van der Waals surface area (Å²) in [6, 6.07) is 6.08. The highest BCUT2D eigenvalue weighted by atomic mass is 16.6. The van der Waals surface area contributed by atoms with Crippen LogP contribution >= 0.6 is 0 Å². The topological polar surface area (TPSA) is 206 Å². The Balaban J connectivity index is 0.000000540. The van der Waals surface area contributed by atoms with Crippen molar-refractivity contribution in [3.63, 3.8) is 0 Å². The molecule has 0 unspecified atom stereocenters. The molecule has 0 amide bonds. The third-order valence-electron chi connectivity index (χ3n) is 11.9. The lowest BCUT2D eigenvalue weighted by Gasteiger charge is -2.16. The summed E-state index contributed by atoms with van der Waals surface area (Å²) in [5.74, 6) is -1.56. The molecule has 72 heavy (non-hydrogen) atoms. The van der Waals surface area contributed by atoms with Crippen LogP contribution in [0.25, 0.3) is 0 Å². The minimum Gasteiger partial charge on any atom is -0.461 e. The van der Waals surface area contributed by atoms with E-state index in [9.17, 15) is 30.2 Å². The van der Waals surface area contributed by atoms with E-state index < -0.39 is 17.9 Å². The van der Waals surface area contributed by atoms with Crippen molar-refractivity contribution < 1.29 is 57.0 Å². The van der Waals surface area contributed by atoms with Crippen LogP contribution in [0.4, 0.5) is 0 Å². The minimum atomic E-state index is -0.534. The maximum Gasteiger partial charge on any atom is 0.349 e. The molecule has 15 nitrogen and oxygen atoms in total. The van der Waals surface area contributed by atoms with Crippen LogP contribution in [0.15, 0.2) is 68.4 Å². The Morgan fingerprint density at radius 2 is 0.764 bits per heavy atom. The summed E-state index contributed by atoms with van der Waals surface area (Å²) < 4.78 is 46.2. The summed E-state index contributed by atoms with van der Waals surface area (Å²) in [6.45, 7) is 9.88. The molecule has 0 atom stereocenters. The summed E-state index contributed by atoms with van der Waals surface area (Å²) >= 11 is 0. The zero-order valence-electron chi connectivity index (χ0n) is 44.8. The van der Waals surface area contributed by atoms with Gasteiger partial charge in [0.15, 0.2) is 0 Å². The number of carbonyl (C=O) groups excluding carboxylic acids is 3. The Bertz CT molecular complexity index is 1890. The number of ether oxygens (including phenoxy) is 9. The zero-order chi connectivity index (χ0) is 52.9. The summed E-state index contributed by atoms with van der Waals surface area (Å²) in [4.78, 5) is 36.3. The highest BCUT2D eigenvalue weighted by molar-refractivity contribution is 5.95. The molecule has 0 N–H and O–H groups in total. The quantitative estimate of drug-likeness (QED) is 0.0197. The predicted octanol–water partition coefficient (Wildman–Crippen LogP) is 11.1. The number of nitrogens with zero attached hydrogens (tertiary/aromatic N) is 3. The molecule has 0 radical (unpaired) electrons. The van der Waals surface area contributed by atoms with Crippen molar-refractivity contribution in [2.75, 3.05) is 101 Å². The number of hydrogen-bond donors (Lipinski definition) is 0. The maximum absolute atomic E-state index is 12.2. The van der Waals surface area contributed by atoms with Crippen LogP contribution in [-0.4, -0.2) is 119 Å². The first-order valence-electron chi connectivity index (χ1n) is 26.3. The van der Waals surface area contributed by atoms with Gasteiger partial charge >= 0.3 is 17.9 Å². The van der Waals surface area contributed by atoms with Crippen molar-refractivity contribution in [2.45, 2.75) is 155 Å². The van der Waals surface area contributed by atoms with Crippen molar-refractivity contribution in [1.29, 1.82) is 15.8 Å². The second-order valence-corrected chi connectivity index (χ2v) is 17.6. The second-order valence-electron chi connectivity index (χ2n) is 17.6. The zero-order valence-corrected chi connectivity index (χ0v) is 44.8. The van der Waals surface area contributed by atoms with Crippen LogP contribution in [-0.2, 0) is 57.0 Å². The van der Waals surface area contributed by atoms with Gasteiger partial charge in [-0.3, -0.25) is 0 Å². The largest absolute Gasteiger partial charge is 0.461 e. The smallest absolute Gasteiger partial charge is 0.349 e. The second kappa shape index (κ2) is 44.8. The summed E-state index contributed by atoms with van der Waals surface area (Å²) in [7, 11) is 6.73. The number of hydrogen-bond acceptors (Lipinski definition) is 15. The Morgan fingerprint density at radius 1 is 0.417 bits per heavy atom. The number of methoxy groups -OCH3 is 4. The molecule has 402 valence electrons. The maximum atomic E-state index is 12.2. The molecule has 0 fully saturated rings. The van der Waals surface area contributed by atoms with Gasteiger partial charge in [0.2, 0.25) is 0 Å². The molecule has 0 aromatic carbocycles. The third-order valence-corrected chi connectivity index (χ3v) is 11.9. The number of esters is 3. The van der Waals surface area contributed by atoms with Crippen molar-refractivity contribution in [1.82, 2.24) is 0 Å². The van der Waals surface area contributed by atoms with E-state index in [-0.39, 0.29) is 36.5 Å². The molecule has 0 aromatic rings. The van der Waals surface area contributed by atoms with Crippen LogP contribution in [0, 0.1) is 34.0 Å². The molecule has 15 heteroatoms. The van der Waals surface area contributed by atoms with Gasteiger partial charge in [0.25, 0.3) is 0 Å². The van der Waals surface area contributed by atoms with Gasteiger partial charge in [-0.1, -0.05) is 48.3 Å². The molecule has 0 heterocycles. The molecular weight excluding hydrogens is 919 g/mol. The third kappa shape index (κ3) is 30.2. The summed E-state index contributed by atoms with van der Waals surface area (Å²) in [6.07, 6.45) is 27.0. The number of rotatable bonds is 33. The summed E-state index contributed by atoms with van der Waals surface area (Å²) in [5.41, 5.74) is 6.82. The molecule has 0 saturated carbocycles. The molecule has 0 saturated heterocycles. The summed E-state index contributed by atoms with van der Waals surface area (Å²) in [5, 5.41) is 28.0. The van der Waals surface area contributed by atoms with Gasteiger partial charge in [-0.05, 0) is 146 Å². The molecule has 0 bridgehead atoms. The standard InChI is InChI=1S/C20H31NO4.C19H29NO4.C18H27NO4/c1-3-4-12-24-13-14-25-20(22)19(16-21)18-10-7-9-17(15-18)8-5-6-11-23-2;1-3-23-12-7-13-24-19(21)18(15-20)17-10-6-9-16(14-17)8-4-5-11-22-2;1-21-10-4-3-7-15-8-5-9-16(13-15)17(14-19)18(20)23-12-6-11-22-2/h15H,3-14H2,1-2H3;14H,3-13H2,1-2H3;13H,3-12H2,1-2H3/b19-18-;18-17-;17-16-. The van der Waals surface area contributed by atoms with E-state index in [0.29, 0.717) is 45.9 Å². The van der Waals surface area contributed by atoms with Crippen molar-refractivity contribution in [3.05, 3.63) is 68.4 Å². The normalized spacial score (nSPS) is 16.3. The number of allylic oxidation sites excluding steroid dienone is 9. The Morgan fingerprint density at radius 3 is 1.11 bits per heavy atom. The molecule has 0 spiro atoms. The average molecular weight is 1010 g/mol. The van der Waals surface area contributed by atoms with Crippen LogP contribution < -0.4 is 0 Å². The molecule has 3 aliphatic carbocycles. The lowest BCUT2D eigenvalue weighted by Crippen LogP contribution is -2.14. The monoisotopic (exact) mass is 1010 g/mol. The molecular formula is C57H87N3O12. The fraction of sp³-hybridized carbons (Fsp3) is 0.684. The highest BCUT2D eigenvalue weighted by Gasteiger charge is 2.21. The number of carbonyl (C=O) groups is 3. The van der Waals surface area contributed by atoms with E-state index in [0.717, 1.165) is 165 Å². The van der Waals surface area contributed by atoms with Crippen molar-refractivity contribution in [3.8, 4) is 18.2 Å². The van der Waals surface area contributed by atoms with Gasteiger partial charge in [0.05, 0.1) is 19.8 Å². The van der Waals surface area contributed by atoms with E-state index in [1.165, 1.54) is 16.7 Å². The van der Waals surface area contributed by atoms with Gasteiger partial charge in [-0.15, -0.1) is 0 Å². The van der Waals surface area contributed by atoms with Gasteiger partial charge < -0.3 is 42.6 Å². The fourth-order valence-electron chi connectivity index (χ4n) is 8.01. The Labute approximate surface area is 432 Å². The van der Waals surface area contributed by atoms with E-state index in [4.69, 9.17) is 42.6 Å². The lowest BCUT2D eigenvalue weighted by atomic mass is 9.90. The number of unbranched alkanes of at least 4 members (excludes halogenated alkanes) is 4. The van der Waals surface area contributed by atoms with Crippen molar-refractivity contribution in [2.24, 2.45) is 0 Å². The fourth-order valence-corrected chi connectivity index (χ4v) is 8.01. The SMILES string of the molecule is CCCCOCCOC(=O)/C(C#N)=C1\C=C(CCCCOC)CCC1.CCOCCCOC(=O)/C(C#N)=C1\C=C(CCCCOC)CCC1.COCCCCC1=C/C(=C(/C#N)C(=O)OCCCOC)CCC1. The first kappa shape index (κ1) is 65.1. The van der Waals surface area contributed by atoms with Gasteiger partial charge in [-0.2, -0.15) is 15.8 Å². The molecule has 0 aliphatic heterocycles. The van der Waals surface area contributed by atoms with E-state index >= 15 is 0 Å². The lowest BCUT2D eigenvalue weighted by molar-refractivity contribution is -0.140. The Kier molecular flexibility index (Phi) is 40.5. The van der Waals surface area contributed by atoms with E-state index in [2.05, 4.69) is 6.92 Å². The Hall–Kier alpha value is -4.92. The van der Waals surface area contributed by atoms with Crippen LogP contribution in [0.5, 0.6) is 0 Å². The highest BCUT2D eigenvalue weighted by Crippen LogP contribution is 2.30. The molecule has 3 rings (SSSR count). The molecule has 3 aliphatic rings. The minimum absolute atomic E-state index is 0.141. The predicted molar refractivity (Wildman–Crippen MR) is 277 cm³/mol.